The molecule has 0 aromatic heterocycles. The van der Waals surface area contributed by atoms with Gasteiger partial charge in [0.1, 0.15) is 91.6 Å². The SMILES string of the molecule is CC(C)=CCC[C@](C)(O[C@@H]1O[C@H](CO[C@@H]2OC[C@H](O)[C@H](O)[C@H]2O)[C@@H](O)[C@H](O)[C@H]1O)[C@H]1CC[C@@]2(C)[C@H]1[C@@H](O)CC1[C@@]3(C)CC[C@@H](O[C@@H]4O[C@H](CO)[C@@H](O)[C@H](O)[C@H]4O[C@@H]4O[C@H](CO)[C@@H](O)[C@H](O)[C@H]4O)C(C)(C)C3CC[C@]12C. The molecule has 29 atom stereocenters. The largest absolute Gasteiger partial charge is 0.394 e. The molecule has 8 rings (SSSR count). The Balaban J connectivity index is 1.01. The number of ether oxygens (including phenoxy) is 8. The molecular weight excluding hydrogens is 989 g/mol. The standard InChI is InChI=1S/C53H90O22/c1-23(2)10-9-14-53(8,75-47-43(67)39(63)37(61)29(72-47)22-69-45-41(65)34(58)26(57)21-68-45)24-11-16-52(7)33(24)25(56)18-31-50(5)15-13-32(49(3,4)30(50)12-17-51(31,52)6)73-48-44(40(64)36(60)28(20-55)71-48)74-46-42(66)38(62)35(59)27(19-54)70-46/h10,24-48,54-67H,9,11-22H2,1-8H3/t24-,25-,26-,27+,28+,29+,30?,31?,32+,33+,34-,35+,36+,37+,38-,39-,40-,41+,42+,43+,44+,45-,46-,47-,48-,50-,51+,52-,53-/m0/s1. The summed E-state index contributed by atoms with van der Waals surface area (Å²) in [4.78, 5) is 0. The van der Waals surface area contributed by atoms with E-state index in [1.54, 1.807) is 0 Å². The topological polar surface area (TPSA) is 357 Å². The van der Waals surface area contributed by atoms with Gasteiger partial charge >= 0.3 is 0 Å². The Morgan fingerprint density at radius 1 is 0.587 bits per heavy atom. The van der Waals surface area contributed by atoms with Gasteiger partial charge in [-0.3, -0.25) is 0 Å². The van der Waals surface area contributed by atoms with Gasteiger partial charge in [0.25, 0.3) is 0 Å². The van der Waals surface area contributed by atoms with Gasteiger partial charge in [0, 0.05) is 0 Å². The van der Waals surface area contributed by atoms with Gasteiger partial charge in [0.2, 0.25) is 0 Å². The molecule has 0 aromatic carbocycles. The molecule has 22 heteroatoms. The van der Waals surface area contributed by atoms with Gasteiger partial charge in [0.05, 0.1) is 44.2 Å². The number of hydrogen-bond acceptors (Lipinski definition) is 22. The summed E-state index contributed by atoms with van der Waals surface area (Å²) in [5, 5.41) is 151. The summed E-state index contributed by atoms with van der Waals surface area (Å²) in [5.41, 5.74) is -1.48. The Labute approximate surface area is 439 Å². The van der Waals surface area contributed by atoms with Crippen LogP contribution in [-0.4, -0.2) is 232 Å². The molecule has 0 bridgehead atoms. The quantitative estimate of drug-likeness (QED) is 0.0651. The summed E-state index contributed by atoms with van der Waals surface area (Å²) in [7, 11) is 0. The lowest BCUT2D eigenvalue weighted by molar-refractivity contribution is -0.378. The van der Waals surface area contributed by atoms with Gasteiger partial charge in [-0.1, -0.05) is 46.3 Å². The molecule has 4 aliphatic heterocycles. The van der Waals surface area contributed by atoms with Crippen molar-refractivity contribution in [1.29, 1.82) is 0 Å². The molecular formula is C53H90O22. The van der Waals surface area contributed by atoms with E-state index >= 15 is 0 Å². The average Bonchev–Trinajstić information content (AvgIpc) is 3.75. The maximum atomic E-state index is 12.8. The number of fused-ring (bicyclic) bond motifs is 5. The van der Waals surface area contributed by atoms with Gasteiger partial charge < -0.3 is 109 Å². The van der Waals surface area contributed by atoms with Crippen LogP contribution in [0.2, 0.25) is 0 Å². The first kappa shape index (κ1) is 60.0. The normalized spacial score (nSPS) is 52.7. The van der Waals surface area contributed by atoms with Crippen LogP contribution in [0.1, 0.15) is 113 Å². The lowest BCUT2D eigenvalue weighted by atomic mass is 9.35. The number of hydrogen-bond donors (Lipinski definition) is 14. The van der Waals surface area contributed by atoms with E-state index < -0.39 is 165 Å². The van der Waals surface area contributed by atoms with Crippen LogP contribution in [-0.2, 0) is 37.9 Å². The van der Waals surface area contributed by atoms with E-state index in [0.29, 0.717) is 38.5 Å². The van der Waals surface area contributed by atoms with E-state index in [0.717, 1.165) is 24.8 Å². The predicted molar refractivity (Wildman–Crippen MR) is 260 cm³/mol. The molecule has 4 heterocycles. The average molecular weight is 1080 g/mol. The third kappa shape index (κ3) is 10.6. The molecule has 434 valence electrons. The molecule has 8 fully saturated rings. The Morgan fingerprint density at radius 3 is 1.80 bits per heavy atom. The summed E-state index contributed by atoms with van der Waals surface area (Å²) < 4.78 is 48.8. The van der Waals surface area contributed by atoms with Gasteiger partial charge in [-0.2, -0.15) is 0 Å². The third-order valence-corrected chi connectivity index (χ3v) is 20.5. The molecule has 75 heavy (non-hydrogen) atoms. The fourth-order valence-corrected chi connectivity index (χ4v) is 16.0. The summed E-state index contributed by atoms with van der Waals surface area (Å²) in [5.74, 6) is -0.395. The summed E-state index contributed by atoms with van der Waals surface area (Å²) in [6.45, 7) is 15.1. The number of aliphatic hydroxyl groups excluding tert-OH is 14. The minimum Gasteiger partial charge on any atom is -0.394 e. The summed E-state index contributed by atoms with van der Waals surface area (Å²) >= 11 is 0. The molecule has 0 amide bonds. The van der Waals surface area contributed by atoms with Crippen LogP contribution in [0.5, 0.6) is 0 Å². The van der Waals surface area contributed by atoms with Crippen LogP contribution in [0, 0.1) is 45.3 Å². The second-order valence-electron chi connectivity index (χ2n) is 25.3. The molecule has 22 nitrogen and oxygen atoms in total. The van der Waals surface area contributed by atoms with Crippen molar-refractivity contribution in [2.45, 2.75) is 248 Å². The summed E-state index contributed by atoms with van der Waals surface area (Å²) in [6.07, 6.45) is -22.6. The minimum atomic E-state index is -1.81. The van der Waals surface area contributed by atoms with Gasteiger partial charge in [-0.25, -0.2) is 0 Å². The van der Waals surface area contributed by atoms with Crippen LogP contribution in [0.25, 0.3) is 0 Å². The molecule has 8 aliphatic rings. The first-order chi connectivity index (χ1) is 35.1. The maximum absolute atomic E-state index is 12.8. The zero-order valence-electron chi connectivity index (χ0n) is 44.7. The van der Waals surface area contributed by atoms with Crippen LogP contribution < -0.4 is 0 Å². The van der Waals surface area contributed by atoms with Gasteiger partial charge in [0.15, 0.2) is 25.2 Å². The van der Waals surface area contributed by atoms with Crippen molar-refractivity contribution in [3.05, 3.63) is 11.6 Å². The fraction of sp³-hybridized carbons (Fsp3) is 0.962. The van der Waals surface area contributed by atoms with Crippen LogP contribution >= 0.6 is 0 Å². The predicted octanol–water partition coefficient (Wildman–Crippen LogP) is -1.56. The number of rotatable bonds is 15. The molecule has 0 spiro atoms. The van der Waals surface area contributed by atoms with Crippen molar-refractivity contribution in [1.82, 2.24) is 0 Å². The van der Waals surface area contributed by atoms with Gasteiger partial charge in [-0.15, -0.1) is 0 Å². The molecule has 2 unspecified atom stereocenters. The zero-order chi connectivity index (χ0) is 55.1. The van der Waals surface area contributed by atoms with Crippen molar-refractivity contribution < 1.29 is 109 Å². The number of allylic oxidation sites excluding steroid dienone is 2. The van der Waals surface area contributed by atoms with E-state index in [-0.39, 0.29) is 41.1 Å². The first-order valence-corrected chi connectivity index (χ1v) is 27.3. The Hall–Kier alpha value is -1.14. The Bertz CT molecular complexity index is 1940. The zero-order valence-corrected chi connectivity index (χ0v) is 44.7. The van der Waals surface area contributed by atoms with Crippen LogP contribution in [0.15, 0.2) is 11.6 Å². The van der Waals surface area contributed by atoms with E-state index in [4.69, 9.17) is 37.9 Å². The molecule has 0 radical (unpaired) electrons. The Kier molecular flexibility index (Phi) is 18.1. The molecule has 4 saturated heterocycles. The van der Waals surface area contributed by atoms with E-state index in [2.05, 4.69) is 40.7 Å². The molecule has 4 saturated carbocycles. The molecule has 4 aliphatic carbocycles. The Morgan fingerprint density at radius 2 is 1.16 bits per heavy atom. The molecule has 14 N–H and O–H groups in total. The third-order valence-electron chi connectivity index (χ3n) is 20.5. The van der Waals surface area contributed by atoms with Crippen molar-refractivity contribution in [2.75, 3.05) is 26.4 Å². The lowest BCUT2D eigenvalue weighted by Gasteiger charge is -2.71. The highest BCUT2D eigenvalue weighted by Gasteiger charge is 2.72. The second kappa shape index (κ2) is 22.7. The highest BCUT2D eigenvalue weighted by Crippen LogP contribution is 2.76. The van der Waals surface area contributed by atoms with E-state index in [1.807, 2.05) is 20.8 Å². The lowest BCUT2D eigenvalue weighted by Crippen LogP contribution is -2.68. The maximum Gasteiger partial charge on any atom is 0.187 e. The second-order valence-corrected chi connectivity index (χ2v) is 25.3. The van der Waals surface area contributed by atoms with E-state index in [9.17, 15) is 71.5 Å². The van der Waals surface area contributed by atoms with Gasteiger partial charge in [-0.05, 0) is 124 Å². The fourth-order valence-electron chi connectivity index (χ4n) is 16.0. The minimum absolute atomic E-state index is 0.0508. The van der Waals surface area contributed by atoms with E-state index in [1.165, 1.54) is 0 Å². The smallest absolute Gasteiger partial charge is 0.187 e. The van der Waals surface area contributed by atoms with Crippen molar-refractivity contribution in [2.24, 2.45) is 45.3 Å². The van der Waals surface area contributed by atoms with Crippen molar-refractivity contribution in [3.63, 3.8) is 0 Å². The first-order valence-electron chi connectivity index (χ1n) is 27.3. The van der Waals surface area contributed by atoms with Crippen LogP contribution in [0.3, 0.4) is 0 Å². The van der Waals surface area contributed by atoms with Crippen molar-refractivity contribution >= 4 is 0 Å². The molecule has 0 aromatic rings. The summed E-state index contributed by atoms with van der Waals surface area (Å²) in [6, 6.07) is 0. The monoisotopic (exact) mass is 1080 g/mol. The van der Waals surface area contributed by atoms with Crippen LogP contribution in [0.4, 0.5) is 0 Å². The highest BCUT2D eigenvalue weighted by molar-refractivity contribution is 5.20. The number of aliphatic hydroxyl groups is 14. The van der Waals surface area contributed by atoms with Crippen molar-refractivity contribution in [3.8, 4) is 0 Å². The highest BCUT2D eigenvalue weighted by atomic mass is 16.8.